The number of H-pyrrole nitrogens is 1. The molecule has 24 nitrogen and oxygen atoms in total. The standard InChI is InChI=1S/C20H26N10O14P2/c21-14-8-15(24-3-23-14)29(4-25-8)18-11(33)12(43-45(35,36)37)7(42-18)2-40-46(38,39)44-13-10(32)6(1-31)41-19(13)30-5-26-9-16(30)27-20(22)28-17(9)34/h3-7,10-13,18-19,31-33H,1-2H2,(H,38,39)(H2,21,23,24)(H2,35,36,37)(H3,22,27,28,34)/t6-,7-,10-,11-,12-,13-,18-,19-/m1/s1. The van der Waals surface area contributed by atoms with Gasteiger partial charge in [-0.25, -0.2) is 29.1 Å². The van der Waals surface area contributed by atoms with Crippen molar-refractivity contribution in [2.75, 3.05) is 24.7 Å². The molecule has 4 aromatic heterocycles. The lowest BCUT2D eigenvalue weighted by molar-refractivity contribution is -0.0613. The fraction of sp³-hybridized carbons (Fsp3) is 0.500. The van der Waals surface area contributed by atoms with Crippen LogP contribution in [0, 0.1) is 0 Å². The average Bonchev–Trinajstić information content (AvgIpc) is 3.73. The molecule has 11 N–H and O–H groups in total. The molecule has 4 aromatic rings. The van der Waals surface area contributed by atoms with E-state index >= 15 is 0 Å². The van der Waals surface area contributed by atoms with Crippen LogP contribution in [-0.4, -0.2) is 119 Å². The van der Waals surface area contributed by atoms with Crippen molar-refractivity contribution in [1.82, 2.24) is 39.0 Å². The predicted molar refractivity (Wildman–Crippen MR) is 147 cm³/mol. The first-order valence-electron chi connectivity index (χ1n) is 13.0. The molecule has 250 valence electrons. The smallest absolute Gasteiger partial charge is 0.394 e. The summed E-state index contributed by atoms with van der Waals surface area (Å²) in [7, 11) is -10.5. The van der Waals surface area contributed by atoms with E-state index in [9.17, 15) is 43.9 Å². The first kappa shape index (κ1) is 32.5. The number of fused-ring (bicyclic) bond motifs is 2. The summed E-state index contributed by atoms with van der Waals surface area (Å²) in [6.45, 7) is -1.72. The maximum absolute atomic E-state index is 13.2. The Labute approximate surface area is 254 Å². The average molecular weight is 692 g/mol. The molecular weight excluding hydrogens is 666 g/mol. The second-order valence-corrected chi connectivity index (χ2v) is 12.6. The summed E-state index contributed by atoms with van der Waals surface area (Å²) >= 11 is 0. The number of nitrogens with one attached hydrogen (secondary N) is 1. The molecule has 0 aromatic carbocycles. The van der Waals surface area contributed by atoms with E-state index in [2.05, 4.69) is 29.9 Å². The van der Waals surface area contributed by atoms with Gasteiger partial charge in [-0.15, -0.1) is 0 Å². The highest BCUT2D eigenvalue weighted by molar-refractivity contribution is 7.47. The fourth-order valence-corrected chi connectivity index (χ4v) is 6.63. The normalized spacial score (nSPS) is 30.0. The number of nitrogens with zero attached hydrogens (tertiary/aromatic N) is 7. The fourth-order valence-electron chi connectivity index (χ4n) is 5.12. The van der Waals surface area contributed by atoms with Gasteiger partial charge in [0.15, 0.2) is 35.1 Å². The van der Waals surface area contributed by atoms with Crippen molar-refractivity contribution < 1.29 is 62.2 Å². The number of nitrogens with two attached hydrogens (primary N) is 2. The Kier molecular flexibility index (Phi) is 8.43. The van der Waals surface area contributed by atoms with E-state index in [0.717, 1.165) is 23.5 Å². The molecule has 2 aliphatic rings. The molecule has 2 fully saturated rings. The Balaban J connectivity index is 1.24. The highest BCUT2D eigenvalue weighted by atomic mass is 31.2. The van der Waals surface area contributed by atoms with E-state index in [0.29, 0.717) is 0 Å². The molecule has 0 bridgehead atoms. The molecule has 0 amide bonds. The third kappa shape index (κ3) is 6.02. The Morgan fingerprint density at radius 1 is 0.891 bits per heavy atom. The van der Waals surface area contributed by atoms with Crippen molar-refractivity contribution in [2.45, 2.75) is 49.1 Å². The summed E-state index contributed by atoms with van der Waals surface area (Å²) in [6.07, 6.45) is -9.71. The Hall–Kier alpha value is -3.48. The van der Waals surface area contributed by atoms with Gasteiger partial charge >= 0.3 is 15.6 Å². The van der Waals surface area contributed by atoms with Gasteiger partial charge in [0.25, 0.3) is 5.56 Å². The topological polar surface area (TPSA) is 361 Å². The van der Waals surface area contributed by atoms with Crippen molar-refractivity contribution in [3.8, 4) is 0 Å². The molecular formula is C20H26N10O14P2. The molecule has 46 heavy (non-hydrogen) atoms. The maximum Gasteiger partial charge on any atom is 0.472 e. The first-order chi connectivity index (χ1) is 21.7. The van der Waals surface area contributed by atoms with Gasteiger partial charge in [0.05, 0.1) is 25.9 Å². The first-order valence-corrected chi connectivity index (χ1v) is 16.0. The molecule has 26 heteroatoms. The maximum atomic E-state index is 13.2. The Morgan fingerprint density at radius 3 is 2.26 bits per heavy atom. The van der Waals surface area contributed by atoms with Gasteiger partial charge in [0, 0.05) is 0 Å². The quantitative estimate of drug-likeness (QED) is 0.0731. The number of phosphoric acid groups is 2. The number of hydrogen-bond donors (Lipinski definition) is 9. The van der Waals surface area contributed by atoms with Crippen molar-refractivity contribution in [3.05, 3.63) is 29.3 Å². The summed E-state index contributed by atoms with van der Waals surface area (Å²) < 4.78 is 53.5. The van der Waals surface area contributed by atoms with E-state index < -0.39 is 83.5 Å². The highest BCUT2D eigenvalue weighted by Crippen LogP contribution is 2.51. The molecule has 0 saturated carbocycles. The van der Waals surface area contributed by atoms with Crippen LogP contribution >= 0.6 is 15.6 Å². The molecule has 6 heterocycles. The molecule has 0 spiro atoms. The predicted octanol–water partition coefficient (Wildman–Crippen LogP) is -3.39. The lowest BCUT2D eigenvalue weighted by Gasteiger charge is -2.25. The van der Waals surface area contributed by atoms with E-state index in [1.165, 1.54) is 4.57 Å². The Morgan fingerprint density at radius 2 is 1.57 bits per heavy atom. The van der Waals surface area contributed by atoms with Gasteiger partial charge in [-0.1, -0.05) is 0 Å². The van der Waals surface area contributed by atoms with Crippen LogP contribution in [0.4, 0.5) is 11.8 Å². The van der Waals surface area contributed by atoms with E-state index in [1.807, 2.05) is 0 Å². The number of rotatable bonds is 10. The number of nitrogen functional groups attached to an aromatic ring is 2. The van der Waals surface area contributed by atoms with E-state index in [-0.39, 0.29) is 34.1 Å². The third-order valence-corrected chi connectivity index (χ3v) is 8.61. The summed E-state index contributed by atoms with van der Waals surface area (Å²) in [4.78, 5) is 63.8. The summed E-state index contributed by atoms with van der Waals surface area (Å²) in [5, 5.41) is 31.4. The molecule has 2 aliphatic heterocycles. The van der Waals surface area contributed by atoms with E-state index in [4.69, 9.17) is 34.5 Å². The number of aromatic nitrogens is 8. The van der Waals surface area contributed by atoms with Gasteiger partial charge in [-0.3, -0.25) is 32.5 Å². The van der Waals surface area contributed by atoms with Gasteiger partial charge in [-0.2, -0.15) is 4.98 Å². The molecule has 6 rings (SSSR count). The van der Waals surface area contributed by atoms with Gasteiger partial charge in [-0.05, 0) is 0 Å². The SMILES string of the molecule is Nc1nc2c(ncn2[C@@H]2O[C@H](CO)[C@@H](O)[C@H]2OP(=O)(O)OC[C@H]2O[C@@H](n3cnc4c(N)ncnc43)[C@H](O)[C@@H]2OP(=O)(O)O)c(=O)[nH]1. The second-order valence-electron chi connectivity index (χ2n) is 10.0. The zero-order valence-corrected chi connectivity index (χ0v) is 24.7. The number of aliphatic hydroxyl groups excluding tert-OH is 3. The largest absolute Gasteiger partial charge is 0.472 e. The monoisotopic (exact) mass is 692 g/mol. The second kappa shape index (κ2) is 12.0. The van der Waals surface area contributed by atoms with Crippen molar-refractivity contribution in [1.29, 1.82) is 0 Å². The van der Waals surface area contributed by atoms with E-state index in [1.54, 1.807) is 0 Å². The lowest BCUT2D eigenvalue weighted by Crippen LogP contribution is -2.37. The zero-order valence-electron chi connectivity index (χ0n) is 22.9. The van der Waals surface area contributed by atoms with Crippen LogP contribution in [0.3, 0.4) is 0 Å². The van der Waals surface area contributed by atoms with Crippen molar-refractivity contribution >= 4 is 49.7 Å². The van der Waals surface area contributed by atoms with Gasteiger partial charge in [0.2, 0.25) is 5.95 Å². The minimum atomic E-state index is -5.27. The summed E-state index contributed by atoms with van der Waals surface area (Å²) in [5.74, 6) is -0.305. The summed E-state index contributed by atoms with van der Waals surface area (Å²) in [6, 6.07) is 0. The van der Waals surface area contributed by atoms with Crippen LogP contribution in [0.2, 0.25) is 0 Å². The van der Waals surface area contributed by atoms with Crippen molar-refractivity contribution in [2.24, 2.45) is 0 Å². The number of aliphatic hydroxyl groups is 3. The number of anilines is 2. The lowest BCUT2D eigenvalue weighted by atomic mass is 10.1. The summed E-state index contributed by atoms with van der Waals surface area (Å²) in [5.41, 5.74) is 10.6. The van der Waals surface area contributed by atoms with Crippen LogP contribution in [0.25, 0.3) is 22.3 Å². The molecule has 2 saturated heterocycles. The number of ether oxygens (including phenoxy) is 2. The minimum Gasteiger partial charge on any atom is -0.394 e. The number of imidazole rings is 2. The Bertz CT molecular complexity index is 1910. The molecule has 9 atom stereocenters. The number of hydrogen-bond acceptors (Lipinski definition) is 18. The van der Waals surface area contributed by atoms with Gasteiger partial charge < -0.3 is 50.9 Å². The van der Waals surface area contributed by atoms with Crippen molar-refractivity contribution in [3.63, 3.8) is 0 Å². The highest BCUT2D eigenvalue weighted by Gasteiger charge is 2.52. The third-order valence-electron chi connectivity index (χ3n) is 7.10. The molecule has 1 unspecified atom stereocenters. The number of phosphoric ester groups is 2. The van der Waals surface area contributed by atoms with Crippen LogP contribution in [0.15, 0.2) is 23.8 Å². The zero-order chi connectivity index (χ0) is 33.1. The van der Waals surface area contributed by atoms with Gasteiger partial charge in [0.1, 0.15) is 48.5 Å². The molecule has 0 radical (unpaired) electrons. The van der Waals surface area contributed by atoms with Crippen LogP contribution in [-0.2, 0) is 32.2 Å². The number of aromatic amines is 1. The van der Waals surface area contributed by atoms with Crippen LogP contribution in [0.5, 0.6) is 0 Å². The minimum absolute atomic E-state index is 0.00735. The van der Waals surface area contributed by atoms with Crippen LogP contribution in [0.1, 0.15) is 12.5 Å². The van der Waals surface area contributed by atoms with Crippen LogP contribution < -0.4 is 17.0 Å². The molecule has 0 aliphatic carbocycles.